The Labute approximate surface area is 94.5 Å². The van der Waals surface area contributed by atoms with Crippen molar-refractivity contribution >= 4 is 0 Å². The van der Waals surface area contributed by atoms with Gasteiger partial charge in [-0.25, -0.2) is 0 Å². The lowest BCUT2D eigenvalue weighted by Crippen LogP contribution is -1.93. The summed E-state index contributed by atoms with van der Waals surface area (Å²) in [7, 11) is 0. The third-order valence-corrected chi connectivity index (χ3v) is 2.90. The molecule has 15 heavy (non-hydrogen) atoms. The maximum absolute atomic E-state index is 2.34. The van der Waals surface area contributed by atoms with E-state index in [2.05, 4.69) is 36.9 Å². The van der Waals surface area contributed by atoms with Gasteiger partial charge in [0.15, 0.2) is 0 Å². The maximum atomic E-state index is 2.34. The molecule has 0 radical (unpaired) electrons. The monoisotopic (exact) mass is 207 g/mol. The van der Waals surface area contributed by atoms with Crippen LogP contribution in [0.25, 0.3) is 0 Å². The summed E-state index contributed by atoms with van der Waals surface area (Å²) in [5.41, 5.74) is 1.51. The van der Waals surface area contributed by atoms with Gasteiger partial charge in [0, 0.05) is 18.9 Å². The van der Waals surface area contributed by atoms with Crippen molar-refractivity contribution < 1.29 is 0 Å². The van der Waals surface area contributed by atoms with E-state index in [1.54, 1.807) is 0 Å². The van der Waals surface area contributed by atoms with Crippen molar-refractivity contribution in [2.75, 3.05) is 0 Å². The van der Waals surface area contributed by atoms with Gasteiger partial charge < -0.3 is 4.57 Å². The molecule has 86 valence electrons. The lowest BCUT2D eigenvalue weighted by Gasteiger charge is -2.01. The Kier molecular flexibility index (Phi) is 6.22. The molecule has 0 saturated heterocycles. The number of nitrogens with zero attached hydrogens (tertiary/aromatic N) is 1. The summed E-state index contributed by atoms with van der Waals surface area (Å²) in [6.45, 7) is 5.71. The van der Waals surface area contributed by atoms with E-state index in [0.717, 1.165) is 0 Å². The van der Waals surface area contributed by atoms with Crippen LogP contribution >= 0.6 is 0 Å². The van der Waals surface area contributed by atoms with Gasteiger partial charge in [0.05, 0.1) is 0 Å². The molecule has 1 heterocycles. The van der Waals surface area contributed by atoms with Gasteiger partial charge in [0.25, 0.3) is 0 Å². The predicted molar refractivity (Wildman–Crippen MR) is 67.2 cm³/mol. The van der Waals surface area contributed by atoms with Gasteiger partial charge in [-0.15, -0.1) is 0 Å². The molecule has 0 atom stereocenters. The highest BCUT2D eigenvalue weighted by atomic mass is 14.9. The molecular weight excluding hydrogens is 182 g/mol. The molecule has 0 aliphatic heterocycles. The van der Waals surface area contributed by atoms with Gasteiger partial charge in [0.2, 0.25) is 0 Å². The highest BCUT2D eigenvalue weighted by Gasteiger charge is 1.96. The SMILES string of the molecule is CCCCCc1ccn(CCCCC)c1. The van der Waals surface area contributed by atoms with E-state index in [4.69, 9.17) is 0 Å². The smallest absolute Gasteiger partial charge is 0.0219 e. The molecule has 0 amide bonds. The molecular formula is C14H25N. The normalized spacial score (nSPS) is 10.8. The van der Waals surface area contributed by atoms with Crippen LogP contribution in [0.4, 0.5) is 0 Å². The molecule has 0 unspecified atom stereocenters. The van der Waals surface area contributed by atoms with E-state index in [9.17, 15) is 0 Å². The molecule has 1 aromatic rings. The minimum absolute atomic E-state index is 1.20. The molecule has 0 aliphatic carbocycles. The van der Waals surface area contributed by atoms with E-state index in [1.807, 2.05) is 0 Å². The standard InChI is InChI=1S/C14H25N/c1-3-5-7-9-14-10-12-15(13-14)11-8-6-4-2/h10,12-13H,3-9,11H2,1-2H3. The van der Waals surface area contributed by atoms with Gasteiger partial charge >= 0.3 is 0 Å². The van der Waals surface area contributed by atoms with Gasteiger partial charge in [-0.2, -0.15) is 0 Å². The fourth-order valence-corrected chi connectivity index (χ4v) is 1.90. The second-order valence-corrected chi connectivity index (χ2v) is 4.42. The van der Waals surface area contributed by atoms with Crippen LogP contribution in [0.2, 0.25) is 0 Å². The average molecular weight is 207 g/mol. The number of hydrogen-bond donors (Lipinski definition) is 0. The van der Waals surface area contributed by atoms with Crippen LogP contribution < -0.4 is 0 Å². The Balaban J connectivity index is 2.23. The largest absolute Gasteiger partial charge is 0.354 e. The zero-order chi connectivity index (χ0) is 10.9. The summed E-state index contributed by atoms with van der Waals surface area (Å²) in [5, 5.41) is 0. The molecule has 1 heteroatoms. The molecule has 1 rings (SSSR count). The first-order chi connectivity index (χ1) is 7.36. The van der Waals surface area contributed by atoms with Crippen LogP contribution in [0, 0.1) is 0 Å². The first-order valence-corrected chi connectivity index (χ1v) is 6.51. The molecule has 0 aromatic carbocycles. The van der Waals surface area contributed by atoms with Gasteiger partial charge in [-0.1, -0.05) is 39.5 Å². The number of unbranched alkanes of at least 4 members (excludes halogenated alkanes) is 4. The van der Waals surface area contributed by atoms with Gasteiger partial charge in [-0.05, 0) is 30.9 Å². The van der Waals surface area contributed by atoms with Crippen LogP contribution in [0.1, 0.15) is 57.9 Å². The Morgan fingerprint density at radius 1 is 1.00 bits per heavy atom. The van der Waals surface area contributed by atoms with Crippen molar-refractivity contribution in [2.24, 2.45) is 0 Å². The van der Waals surface area contributed by atoms with Crippen LogP contribution in [-0.4, -0.2) is 4.57 Å². The average Bonchev–Trinajstić information content (AvgIpc) is 2.67. The summed E-state index contributed by atoms with van der Waals surface area (Å²) in [6.07, 6.45) is 13.8. The lowest BCUT2D eigenvalue weighted by molar-refractivity contribution is 0.603. The quantitative estimate of drug-likeness (QED) is 0.556. The lowest BCUT2D eigenvalue weighted by atomic mass is 10.1. The Bertz CT molecular complexity index is 225. The summed E-state index contributed by atoms with van der Waals surface area (Å²) < 4.78 is 2.34. The Morgan fingerprint density at radius 2 is 1.73 bits per heavy atom. The number of aromatic nitrogens is 1. The molecule has 1 aromatic heterocycles. The maximum Gasteiger partial charge on any atom is 0.0219 e. The molecule has 0 saturated carbocycles. The minimum Gasteiger partial charge on any atom is -0.354 e. The van der Waals surface area contributed by atoms with Crippen molar-refractivity contribution in [1.82, 2.24) is 4.57 Å². The zero-order valence-corrected chi connectivity index (χ0v) is 10.3. The number of rotatable bonds is 8. The van der Waals surface area contributed by atoms with E-state index in [-0.39, 0.29) is 0 Å². The van der Waals surface area contributed by atoms with E-state index in [1.165, 1.54) is 57.1 Å². The highest BCUT2D eigenvalue weighted by Crippen LogP contribution is 2.08. The summed E-state index contributed by atoms with van der Waals surface area (Å²) in [6, 6.07) is 2.28. The fraction of sp³-hybridized carbons (Fsp3) is 0.714. The molecule has 0 N–H and O–H groups in total. The third-order valence-electron chi connectivity index (χ3n) is 2.90. The fourth-order valence-electron chi connectivity index (χ4n) is 1.90. The summed E-state index contributed by atoms with van der Waals surface area (Å²) in [5.74, 6) is 0. The molecule has 0 fully saturated rings. The predicted octanol–water partition coefficient (Wildman–Crippen LogP) is 4.41. The summed E-state index contributed by atoms with van der Waals surface area (Å²) in [4.78, 5) is 0. The van der Waals surface area contributed by atoms with Crippen LogP contribution in [-0.2, 0) is 13.0 Å². The Morgan fingerprint density at radius 3 is 2.47 bits per heavy atom. The highest BCUT2D eigenvalue weighted by molar-refractivity contribution is 5.10. The third kappa shape index (κ3) is 5.06. The van der Waals surface area contributed by atoms with Crippen molar-refractivity contribution in [3.63, 3.8) is 0 Å². The topological polar surface area (TPSA) is 4.93 Å². The van der Waals surface area contributed by atoms with Crippen LogP contribution in [0.3, 0.4) is 0 Å². The van der Waals surface area contributed by atoms with Gasteiger partial charge in [-0.3, -0.25) is 0 Å². The summed E-state index contributed by atoms with van der Waals surface area (Å²) >= 11 is 0. The first kappa shape index (κ1) is 12.4. The van der Waals surface area contributed by atoms with Crippen LogP contribution in [0.5, 0.6) is 0 Å². The molecule has 0 aliphatic rings. The van der Waals surface area contributed by atoms with Gasteiger partial charge in [0.1, 0.15) is 0 Å². The van der Waals surface area contributed by atoms with E-state index >= 15 is 0 Å². The molecule has 1 nitrogen and oxygen atoms in total. The minimum atomic E-state index is 1.20. The van der Waals surface area contributed by atoms with Crippen molar-refractivity contribution in [3.8, 4) is 0 Å². The molecule has 0 bridgehead atoms. The molecule has 0 spiro atoms. The van der Waals surface area contributed by atoms with E-state index in [0.29, 0.717) is 0 Å². The Hall–Kier alpha value is -0.720. The zero-order valence-electron chi connectivity index (χ0n) is 10.3. The second-order valence-electron chi connectivity index (χ2n) is 4.42. The van der Waals surface area contributed by atoms with Crippen LogP contribution in [0.15, 0.2) is 18.5 Å². The second kappa shape index (κ2) is 7.56. The van der Waals surface area contributed by atoms with Crippen molar-refractivity contribution in [1.29, 1.82) is 0 Å². The first-order valence-electron chi connectivity index (χ1n) is 6.51. The van der Waals surface area contributed by atoms with Crippen molar-refractivity contribution in [3.05, 3.63) is 24.0 Å². The van der Waals surface area contributed by atoms with E-state index < -0.39 is 0 Å². The number of hydrogen-bond acceptors (Lipinski definition) is 0. The van der Waals surface area contributed by atoms with Crippen molar-refractivity contribution in [2.45, 2.75) is 65.3 Å². The number of aryl methyl sites for hydroxylation is 2.